The van der Waals surface area contributed by atoms with E-state index in [0.717, 1.165) is 41.9 Å². The quantitative estimate of drug-likeness (QED) is 0.0883. The molecule has 11 heteroatoms. The highest BCUT2D eigenvalue weighted by Gasteiger charge is 2.49. The fourth-order valence-corrected chi connectivity index (χ4v) is 6.47. The fraction of sp³-hybridized carbons (Fsp3) is 0.394. The van der Waals surface area contributed by atoms with Gasteiger partial charge in [-0.15, -0.1) is 0 Å². The molecule has 1 fully saturated rings. The number of thiazole rings is 1. The van der Waals surface area contributed by atoms with Crippen LogP contribution < -0.4 is 19.1 Å². The van der Waals surface area contributed by atoms with Gasteiger partial charge in [-0.2, -0.15) is 0 Å². The maximum atomic E-state index is 13.7. The van der Waals surface area contributed by atoms with Crippen molar-refractivity contribution in [3.8, 4) is 17.2 Å². The minimum atomic E-state index is -1.07. The number of hydrogen-bond donors (Lipinski definition) is 1. The number of Topliss-reactive ketones (excluding diaryl/α,β-unsaturated/α-hetero) is 1. The van der Waals surface area contributed by atoms with Crippen LogP contribution in [0, 0.1) is 6.92 Å². The molecule has 1 N–H and O–H groups in total. The van der Waals surface area contributed by atoms with Crippen molar-refractivity contribution in [2.75, 3.05) is 25.2 Å². The van der Waals surface area contributed by atoms with Crippen molar-refractivity contribution in [3.05, 3.63) is 69.2 Å². The van der Waals surface area contributed by atoms with E-state index >= 15 is 0 Å². The molecule has 5 rings (SSSR count). The van der Waals surface area contributed by atoms with Crippen LogP contribution in [-0.4, -0.2) is 54.2 Å². The SMILES string of the molecule is CCCCCOc1ccc([C@H]2/C(=C(\O)c3ccc4c(c3)C[C@@H](C)O4)C(=O)C(=O)N2c2nc(C)c(C(=O)OC)s2)cc1OCC. The number of aryl methyl sites for hydroxylation is 1. The van der Waals surface area contributed by atoms with E-state index in [1.807, 2.05) is 13.8 Å². The minimum Gasteiger partial charge on any atom is -0.507 e. The summed E-state index contributed by atoms with van der Waals surface area (Å²) in [4.78, 5) is 45.8. The first-order chi connectivity index (χ1) is 21.2. The van der Waals surface area contributed by atoms with Crippen LogP contribution in [-0.2, 0) is 20.7 Å². The molecule has 0 radical (unpaired) electrons. The van der Waals surface area contributed by atoms with Crippen LogP contribution in [0.3, 0.4) is 0 Å². The number of ether oxygens (including phenoxy) is 4. The van der Waals surface area contributed by atoms with Crippen molar-refractivity contribution in [3.63, 3.8) is 0 Å². The van der Waals surface area contributed by atoms with E-state index in [1.54, 1.807) is 43.3 Å². The number of aliphatic hydroxyl groups is 1. The molecule has 10 nitrogen and oxygen atoms in total. The van der Waals surface area contributed by atoms with Gasteiger partial charge in [-0.05, 0) is 68.7 Å². The van der Waals surface area contributed by atoms with Gasteiger partial charge < -0.3 is 24.1 Å². The van der Waals surface area contributed by atoms with Crippen LogP contribution in [0.25, 0.3) is 5.76 Å². The summed E-state index contributed by atoms with van der Waals surface area (Å²) in [6.07, 6.45) is 3.62. The van der Waals surface area contributed by atoms with E-state index in [1.165, 1.54) is 12.0 Å². The summed E-state index contributed by atoms with van der Waals surface area (Å²) >= 11 is 0.944. The molecule has 44 heavy (non-hydrogen) atoms. The van der Waals surface area contributed by atoms with Crippen molar-refractivity contribution in [2.24, 2.45) is 0 Å². The van der Waals surface area contributed by atoms with Gasteiger partial charge in [-0.1, -0.05) is 37.2 Å². The second kappa shape index (κ2) is 13.1. The van der Waals surface area contributed by atoms with Crippen LogP contribution in [0.4, 0.5) is 5.13 Å². The van der Waals surface area contributed by atoms with E-state index in [4.69, 9.17) is 18.9 Å². The summed E-state index contributed by atoms with van der Waals surface area (Å²) in [6, 6.07) is 9.34. The number of ketones is 1. The van der Waals surface area contributed by atoms with Crippen molar-refractivity contribution in [1.29, 1.82) is 0 Å². The lowest BCUT2D eigenvalue weighted by Gasteiger charge is -2.24. The van der Waals surface area contributed by atoms with Gasteiger partial charge in [0.2, 0.25) is 0 Å². The predicted molar refractivity (Wildman–Crippen MR) is 166 cm³/mol. The number of unbranched alkanes of at least 4 members (excludes halogenated alkanes) is 2. The second-order valence-electron chi connectivity index (χ2n) is 10.7. The van der Waals surface area contributed by atoms with Crippen molar-refractivity contribution in [1.82, 2.24) is 4.98 Å². The number of fused-ring (bicyclic) bond motifs is 1. The number of nitrogens with zero attached hydrogens (tertiary/aromatic N) is 2. The highest BCUT2D eigenvalue weighted by atomic mass is 32.1. The van der Waals surface area contributed by atoms with Gasteiger partial charge in [-0.3, -0.25) is 14.5 Å². The third kappa shape index (κ3) is 5.88. The molecular weight excluding hydrogens is 584 g/mol. The van der Waals surface area contributed by atoms with Gasteiger partial charge in [0.05, 0.1) is 37.6 Å². The number of esters is 1. The van der Waals surface area contributed by atoms with E-state index in [-0.39, 0.29) is 27.4 Å². The monoisotopic (exact) mass is 620 g/mol. The van der Waals surface area contributed by atoms with Crippen molar-refractivity contribution >= 4 is 39.9 Å². The summed E-state index contributed by atoms with van der Waals surface area (Å²) in [5.74, 6) is -0.971. The molecule has 3 aromatic rings. The minimum absolute atomic E-state index is 0.00943. The average molecular weight is 621 g/mol. The molecule has 0 unspecified atom stereocenters. The molecule has 2 aromatic carbocycles. The predicted octanol–water partition coefficient (Wildman–Crippen LogP) is 6.16. The van der Waals surface area contributed by atoms with E-state index < -0.39 is 23.7 Å². The maximum Gasteiger partial charge on any atom is 0.350 e. The van der Waals surface area contributed by atoms with Crippen molar-refractivity contribution < 1.29 is 38.4 Å². The molecule has 2 aliphatic heterocycles. The van der Waals surface area contributed by atoms with Gasteiger partial charge in [-0.25, -0.2) is 9.78 Å². The molecule has 1 amide bonds. The topological polar surface area (TPSA) is 124 Å². The molecule has 2 atom stereocenters. The Morgan fingerprint density at radius 2 is 1.91 bits per heavy atom. The molecule has 2 aliphatic rings. The Kier molecular flexibility index (Phi) is 9.24. The number of methoxy groups -OCH3 is 1. The summed E-state index contributed by atoms with van der Waals surface area (Å²) in [6.45, 7) is 8.43. The number of aliphatic hydroxyl groups excluding tert-OH is 1. The second-order valence-corrected chi connectivity index (χ2v) is 11.7. The lowest BCUT2D eigenvalue weighted by molar-refractivity contribution is -0.132. The Labute approximate surface area is 260 Å². The molecule has 0 spiro atoms. The number of rotatable bonds is 11. The third-order valence-electron chi connectivity index (χ3n) is 7.56. The first-order valence-electron chi connectivity index (χ1n) is 14.7. The lowest BCUT2D eigenvalue weighted by atomic mass is 9.94. The zero-order valence-electron chi connectivity index (χ0n) is 25.5. The van der Waals surface area contributed by atoms with E-state index in [9.17, 15) is 19.5 Å². The number of hydrogen-bond acceptors (Lipinski definition) is 10. The van der Waals surface area contributed by atoms with Crippen LogP contribution in [0.2, 0.25) is 0 Å². The van der Waals surface area contributed by atoms with Gasteiger partial charge >= 0.3 is 11.9 Å². The molecule has 0 saturated carbocycles. The molecule has 1 saturated heterocycles. The van der Waals surface area contributed by atoms with Gasteiger partial charge in [0, 0.05) is 12.0 Å². The Morgan fingerprint density at radius 3 is 2.64 bits per heavy atom. The number of carbonyl (C=O) groups is 3. The Hall–Kier alpha value is -4.38. The summed E-state index contributed by atoms with van der Waals surface area (Å²) in [7, 11) is 1.26. The van der Waals surface area contributed by atoms with Crippen LogP contribution in [0.1, 0.15) is 78.1 Å². The number of carbonyl (C=O) groups excluding carboxylic acids is 3. The molecule has 3 heterocycles. The molecule has 1 aromatic heterocycles. The fourth-order valence-electron chi connectivity index (χ4n) is 5.45. The smallest absolute Gasteiger partial charge is 0.350 e. The Morgan fingerprint density at radius 1 is 1.11 bits per heavy atom. The van der Waals surface area contributed by atoms with Crippen LogP contribution >= 0.6 is 11.3 Å². The zero-order valence-corrected chi connectivity index (χ0v) is 26.3. The molecule has 0 aliphatic carbocycles. The van der Waals surface area contributed by atoms with E-state index in [2.05, 4.69) is 11.9 Å². The number of amides is 1. The average Bonchev–Trinajstić information content (AvgIpc) is 3.66. The number of anilines is 1. The molecule has 232 valence electrons. The normalized spacial score (nSPS) is 18.7. The summed E-state index contributed by atoms with van der Waals surface area (Å²) in [5.41, 5.74) is 2.04. The van der Waals surface area contributed by atoms with Crippen LogP contribution in [0.5, 0.6) is 17.2 Å². The van der Waals surface area contributed by atoms with Crippen LogP contribution in [0.15, 0.2) is 42.0 Å². The number of benzene rings is 2. The Bertz CT molecular complexity index is 1630. The zero-order chi connectivity index (χ0) is 31.5. The van der Waals surface area contributed by atoms with Gasteiger partial charge in [0.15, 0.2) is 16.6 Å². The molecular formula is C33H36N2O8S. The maximum absolute atomic E-state index is 13.7. The van der Waals surface area contributed by atoms with Gasteiger partial charge in [0.25, 0.3) is 5.78 Å². The third-order valence-corrected chi connectivity index (χ3v) is 8.70. The van der Waals surface area contributed by atoms with E-state index in [0.29, 0.717) is 48.0 Å². The van der Waals surface area contributed by atoms with Crippen molar-refractivity contribution in [2.45, 2.75) is 65.5 Å². The highest BCUT2D eigenvalue weighted by molar-refractivity contribution is 7.17. The number of aromatic nitrogens is 1. The first kappa shape index (κ1) is 31.1. The standard InChI is InChI=1S/C33H36N2O8S/c1-6-8-9-14-42-24-13-10-20(17-25(24)41-7-2)27-26(28(36)21-11-12-23-22(16-21)15-18(3)43-23)29(37)31(38)35(27)33-34-19(4)30(44-33)32(39)40-5/h10-13,16-18,27,36H,6-9,14-15H2,1-5H3/b28-26+/t18-,27+/m1/s1. The lowest BCUT2D eigenvalue weighted by Crippen LogP contribution is -2.29. The highest BCUT2D eigenvalue weighted by Crippen LogP contribution is 2.46. The summed E-state index contributed by atoms with van der Waals surface area (Å²) in [5, 5.41) is 11.8. The Balaban J connectivity index is 1.65. The van der Waals surface area contributed by atoms with Gasteiger partial charge in [0.1, 0.15) is 22.5 Å². The molecule has 0 bridgehead atoms. The first-order valence-corrected chi connectivity index (χ1v) is 15.6. The largest absolute Gasteiger partial charge is 0.507 e. The summed E-state index contributed by atoms with van der Waals surface area (Å²) < 4.78 is 22.6.